The SMILES string of the molecule is CC(C)[C@@H](C(=O)N1CO[C@@H](O)[C@@H]1Cc1ccccc1)N(C)C(=O)OCc1ccccc1. The number of carbonyl (C=O) groups excluding carboxylic acids is 2. The summed E-state index contributed by atoms with van der Waals surface area (Å²) < 4.78 is 10.8. The van der Waals surface area contributed by atoms with Crippen LogP contribution in [0.25, 0.3) is 0 Å². The second-order valence-corrected chi connectivity index (χ2v) is 8.09. The van der Waals surface area contributed by atoms with Gasteiger partial charge < -0.3 is 19.5 Å². The van der Waals surface area contributed by atoms with Gasteiger partial charge in [0, 0.05) is 7.05 Å². The molecule has 3 atom stereocenters. The van der Waals surface area contributed by atoms with Gasteiger partial charge in [0.15, 0.2) is 6.29 Å². The Balaban J connectivity index is 1.70. The number of benzene rings is 2. The third kappa shape index (κ3) is 5.62. The van der Waals surface area contributed by atoms with Gasteiger partial charge in [-0.05, 0) is 23.5 Å². The predicted octanol–water partition coefficient (Wildman–Crippen LogP) is 3.03. The molecule has 1 aliphatic rings. The van der Waals surface area contributed by atoms with Crippen LogP contribution in [0.1, 0.15) is 25.0 Å². The van der Waals surface area contributed by atoms with Crippen molar-refractivity contribution in [2.45, 2.75) is 45.2 Å². The molecular weight excluding hydrogens is 396 g/mol. The van der Waals surface area contributed by atoms with Crippen molar-refractivity contribution in [1.82, 2.24) is 9.80 Å². The molecule has 2 aromatic rings. The molecule has 0 unspecified atom stereocenters. The van der Waals surface area contributed by atoms with Crippen LogP contribution in [0.15, 0.2) is 60.7 Å². The maximum absolute atomic E-state index is 13.4. The first-order valence-electron chi connectivity index (χ1n) is 10.5. The first kappa shape index (κ1) is 22.8. The van der Waals surface area contributed by atoms with E-state index in [1.54, 1.807) is 7.05 Å². The van der Waals surface area contributed by atoms with Crippen LogP contribution in [0.4, 0.5) is 4.79 Å². The summed E-state index contributed by atoms with van der Waals surface area (Å²) in [7, 11) is 1.56. The molecule has 1 saturated heterocycles. The molecule has 0 bridgehead atoms. The number of aliphatic hydroxyl groups excluding tert-OH is 1. The van der Waals surface area contributed by atoms with Crippen LogP contribution in [0, 0.1) is 5.92 Å². The van der Waals surface area contributed by atoms with Crippen molar-refractivity contribution < 1.29 is 24.2 Å². The van der Waals surface area contributed by atoms with E-state index in [1.165, 1.54) is 9.80 Å². The number of carbonyl (C=O) groups is 2. The van der Waals surface area contributed by atoms with Gasteiger partial charge in [-0.15, -0.1) is 0 Å². The molecule has 0 saturated carbocycles. The van der Waals surface area contributed by atoms with E-state index in [-0.39, 0.29) is 25.2 Å². The number of amides is 2. The zero-order valence-corrected chi connectivity index (χ0v) is 18.2. The van der Waals surface area contributed by atoms with Gasteiger partial charge in [-0.3, -0.25) is 9.69 Å². The third-order valence-corrected chi connectivity index (χ3v) is 5.48. The second kappa shape index (κ2) is 10.4. The molecule has 2 aromatic carbocycles. The maximum Gasteiger partial charge on any atom is 0.410 e. The lowest BCUT2D eigenvalue weighted by Gasteiger charge is -2.34. The number of likely N-dealkylation sites (N-methyl/N-ethyl adjacent to an activating group) is 1. The lowest BCUT2D eigenvalue weighted by molar-refractivity contribution is -0.139. The minimum absolute atomic E-state index is 0.0202. The molecule has 7 nitrogen and oxygen atoms in total. The Morgan fingerprint density at radius 2 is 1.68 bits per heavy atom. The monoisotopic (exact) mass is 426 g/mol. The minimum atomic E-state index is -1.08. The van der Waals surface area contributed by atoms with Gasteiger partial charge in [0.2, 0.25) is 5.91 Å². The van der Waals surface area contributed by atoms with E-state index < -0.39 is 24.5 Å². The van der Waals surface area contributed by atoms with Crippen molar-refractivity contribution in [3.8, 4) is 0 Å². The summed E-state index contributed by atoms with van der Waals surface area (Å²) >= 11 is 0. The Morgan fingerprint density at radius 1 is 1.10 bits per heavy atom. The molecule has 31 heavy (non-hydrogen) atoms. The molecule has 3 rings (SSSR count). The molecule has 1 N–H and O–H groups in total. The van der Waals surface area contributed by atoms with Gasteiger partial charge in [0.25, 0.3) is 0 Å². The molecule has 2 amide bonds. The Morgan fingerprint density at radius 3 is 2.26 bits per heavy atom. The number of hydrogen-bond acceptors (Lipinski definition) is 5. The molecular formula is C24H30N2O5. The topological polar surface area (TPSA) is 79.3 Å². The van der Waals surface area contributed by atoms with E-state index in [1.807, 2.05) is 74.5 Å². The first-order chi connectivity index (χ1) is 14.9. The fraction of sp³-hybridized carbons (Fsp3) is 0.417. The highest BCUT2D eigenvalue weighted by Crippen LogP contribution is 2.24. The van der Waals surface area contributed by atoms with Crippen LogP contribution in [0.3, 0.4) is 0 Å². The quantitative estimate of drug-likeness (QED) is 0.736. The summed E-state index contributed by atoms with van der Waals surface area (Å²) in [6, 6.07) is 17.8. The van der Waals surface area contributed by atoms with Crippen molar-refractivity contribution in [3.63, 3.8) is 0 Å². The van der Waals surface area contributed by atoms with E-state index in [2.05, 4.69) is 0 Å². The molecule has 0 aliphatic carbocycles. The second-order valence-electron chi connectivity index (χ2n) is 8.09. The first-order valence-corrected chi connectivity index (χ1v) is 10.5. The van der Waals surface area contributed by atoms with E-state index in [0.29, 0.717) is 6.42 Å². The van der Waals surface area contributed by atoms with Gasteiger partial charge in [-0.2, -0.15) is 0 Å². The van der Waals surface area contributed by atoms with E-state index in [0.717, 1.165) is 11.1 Å². The van der Waals surface area contributed by atoms with Gasteiger partial charge >= 0.3 is 6.09 Å². The molecule has 0 spiro atoms. The largest absolute Gasteiger partial charge is 0.445 e. The standard InChI is InChI=1S/C24H30N2O5/c1-17(2)21(25(3)24(29)30-15-19-12-8-5-9-13-19)22(27)26-16-31-23(28)20(26)14-18-10-6-4-7-11-18/h4-13,17,20-21,23,28H,14-16H2,1-3H3/t20-,21-,23+/m0/s1. The van der Waals surface area contributed by atoms with Crippen molar-refractivity contribution in [2.75, 3.05) is 13.8 Å². The number of rotatable bonds is 7. The summed E-state index contributed by atoms with van der Waals surface area (Å²) in [4.78, 5) is 29.0. The summed E-state index contributed by atoms with van der Waals surface area (Å²) in [5.41, 5.74) is 1.86. The third-order valence-electron chi connectivity index (χ3n) is 5.48. The number of hydrogen-bond donors (Lipinski definition) is 1. The van der Waals surface area contributed by atoms with E-state index in [9.17, 15) is 14.7 Å². The Bertz CT molecular complexity index is 859. The molecule has 1 heterocycles. The highest BCUT2D eigenvalue weighted by Gasteiger charge is 2.42. The summed E-state index contributed by atoms with van der Waals surface area (Å²) in [5, 5.41) is 10.3. The molecule has 1 fully saturated rings. The molecule has 0 radical (unpaired) electrons. The van der Waals surface area contributed by atoms with Crippen molar-refractivity contribution in [2.24, 2.45) is 5.92 Å². The van der Waals surface area contributed by atoms with Crippen LogP contribution in [0.5, 0.6) is 0 Å². The average Bonchev–Trinajstić information content (AvgIpc) is 3.13. The van der Waals surface area contributed by atoms with Crippen LogP contribution in [-0.4, -0.2) is 59.1 Å². The van der Waals surface area contributed by atoms with Crippen LogP contribution in [0.2, 0.25) is 0 Å². The van der Waals surface area contributed by atoms with Crippen LogP contribution >= 0.6 is 0 Å². The van der Waals surface area contributed by atoms with Crippen LogP contribution < -0.4 is 0 Å². The lowest BCUT2D eigenvalue weighted by atomic mass is 9.99. The number of ether oxygens (including phenoxy) is 2. The van der Waals surface area contributed by atoms with E-state index >= 15 is 0 Å². The zero-order valence-electron chi connectivity index (χ0n) is 18.2. The van der Waals surface area contributed by atoms with Gasteiger partial charge in [-0.1, -0.05) is 74.5 Å². The number of aliphatic hydroxyl groups is 1. The van der Waals surface area contributed by atoms with Gasteiger partial charge in [-0.25, -0.2) is 4.79 Å². The molecule has 1 aliphatic heterocycles. The van der Waals surface area contributed by atoms with Gasteiger partial charge in [0.1, 0.15) is 19.4 Å². The molecule has 166 valence electrons. The van der Waals surface area contributed by atoms with Crippen molar-refractivity contribution in [3.05, 3.63) is 71.8 Å². The average molecular weight is 427 g/mol. The summed E-state index contributed by atoms with van der Waals surface area (Å²) in [5.74, 6) is -0.427. The van der Waals surface area contributed by atoms with E-state index in [4.69, 9.17) is 9.47 Å². The highest BCUT2D eigenvalue weighted by molar-refractivity contribution is 5.86. The minimum Gasteiger partial charge on any atom is -0.445 e. The predicted molar refractivity (Wildman–Crippen MR) is 116 cm³/mol. The fourth-order valence-electron chi connectivity index (χ4n) is 3.81. The smallest absolute Gasteiger partial charge is 0.410 e. The number of nitrogens with zero attached hydrogens (tertiary/aromatic N) is 2. The van der Waals surface area contributed by atoms with Gasteiger partial charge in [0.05, 0.1) is 6.04 Å². The summed E-state index contributed by atoms with van der Waals surface area (Å²) in [6.45, 7) is 3.87. The fourth-order valence-corrected chi connectivity index (χ4v) is 3.81. The summed E-state index contributed by atoms with van der Waals surface area (Å²) in [6.07, 6.45) is -1.19. The van der Waals surface area contributed by atoms with Crippen molar-refractivity contribution >= 4 is 12.0 Å². The van der Waals surface area contributed by atoms with Crippen molar-refractivity contribution in [1.29, 1.82) is 0 Å². The molecule has 0 aromatic heterocycles. The Hall–Kier alpha value is -2.90. The van der Waals surface area contributed by atoms with Crippen LogP contribution in [-0.2, 0) is 27.3 Å². The normalized spacial score (nSPS) is 19.3. The maximum atomic E-state index is 13.4. The Kier molecular flexibility index (Phi) is 7.65. The Labute approximate surface area is 183 Å². The highest BCUT2D eigenvalue weighted by atomic mass is 16.6. The molecule has 7 heteroatoms. The zero-order chi connectivity index (χ0) is 22.4. The lowest BCUT2D eigenvalue weighted by Crippen LogP contribution is -2.54.